The highest BCUT2D eigenvalue weighted by Gasteiger charge is 2.14. The van der Waals surface area contributed by atoms with Gasteiger partial charge in [0.25, 0.3) is 0 Å². The fourth-order valence-electron chi connectivity index (χ4n) is 1.85. The van der Waals surface area contributed by atoms with Crippen molar-refractivity contribution >= 4 is 5.91 Å². The van der Waals surface area contributed by atoms with E-state index in [4.69, 9.17) is 12.2 Å². The van der Waals surface area contributed by atoms with Crippen molar-refractivity contribution in [1.29, 1.82) is 0 Å². The lowest BCUT2D eigenvalue weighted by Crippen LogP contribution is -2.25. The van der Waals surface area contributed by atoms with Crippen LogP contribution in [0.3, 0.4) is 0 Å². The van der Waals surface area contributed by atoms with Gasteiger partial charge in [-0.1, -0.05) is 13.8 Å². The molecule has 98 valence electrons. The zero-order chi connectivity index (χ0) is 13.1. The van der Waals surface area contributed by atoms with Crippen LogP contribution in [0.2, 0.25) is 0 Å². The highest BCUT2D eigenvalue weighted by molar-refractivity contribution is 5.75. The van der Waals surface area contributed by atoms with E-state index in [9.17, 15) is 4.79 Å². The van der Waals surface area contributed by atoms with Crippen LogP contribution in [0.4, 0.5) is 0 Å². The molecule has 0 aliphatic carbocycles. The van der Waals surface area contributed by atoms with Gasteiger partial charge in [0.1, 0.15) is 0 Å². The number of unbranched alkanes of at least 4 members (excludes halogenated alkanes) is 1. The number of carbonyl (C=O) groups is 1. The summed E-state index contributed by atoms with van der Waals surface area (Å²) in [5.74, 6) is 3.83. The first-order chi connectivity index (χ1) is 8.11. The summed E-state index contributed by atoms with van der Waals surface area (Å²) in [4.78, 5) is 11.5. The van der Waals surface area contributed by atoms with E-state index >= 15 is 0 Å². The normalized spacial score (nSPS) is 12.2. The molecule has 0 radical (unpaired) electrons. The summed E-state index contributed by atoms with van der Waals surface area (Å²) in [5, 5.41) is 2.89. The monoisotopic (exact) mass is 238 g/mol. The number of carbonyl (C=O) groups excluding carboxylic acids is 1. The van der Waals surface area contributed by atoms with Crippen molar-refractivity contribution in [3.05, 3.63) is 0 Å². The topological polar surface area (TPSA) is 55.1 Å². The molecule has 3 N–H and O–H groups in total. The van der Waals surface area contributed by atoms with Gasteiger partial charge in [0, 0.05) is 19.4 Å². The molecule has 0 rings (SSSR count). The molecule has 0 aromatic carbocycles. The van der Waals surface area contributed by atoms with E-state index in [2.05, 4.69) is 25.1 Å². The van der Waals surface area contributed by atoms with E-state index in [1.54, 1.807) is 0 Å². The van der Waals surface area contributed by atoms with Gasteiger partial charge in [0.2, 0.25) is 5.91 Å². The molecule has 3 nitrogen and oxygen atoms in total. The zero-order valence-electron chi connectivity index (χ0n) is 11.2. The largest absolute Gasteiger partial charge is 0.356 e. The molecule has 1 unspecified atom stereocenters. The SMILES string of the molecule is C#CCCCNC(=O)CCC(CCN)C(C)C. The molecule has 0 saturated heterocycles. The van der Waals surface area contributed by atoms with Crippen molar-refractivity contribution in [2.75, 3.05) is 13.1 Å². The van der Waals surface area contributed by atoms with Crippen LogP contribution in [0.25, 0.3) is 0 Å². The van der Waals surface area contributed by atoms with E-state index in [0.717, 1.165) is 25.7 Å². The van der Waals surface area contributed by atoms with Crippen molar-refractivity contribution < 1.29 is 4.79 Å². The lowest BCUT2D eigenvalue weighted by atomic mass is 9.88. The van der Waals surface area contributed by atoms with Crippen molar-refractivity contribution in [3.63, 3.8) is 0 Å². The molecule has 0 aromatic heterocycles. The van der Waals surface area contributed by atoms with Crippen molar-refractivity contribution in [3.8, 4) is 12.3 Å². The summed E-state index contributed by atoms with van der Waals surface area (Å²) < 4.78 is 0. The molecule has 17 heavy (non-hydrogen) atoms. The maximum Gasteiger partial charge on any atom is 0.220 e. The Morgan fingerprint density at radius 3 is 2.65 bits per heavy atom. The minimum absolute atomic E-state index is 0.129. The van der Waals surface area contributed by atoms with Crippen LogP contribution in [0, 0.1) is 24.2 Å². The Morgan fingerprint density at radius 1 is 1.41 bits per heavy atom. The average molecular weight is 238 g/mol. The van der Waals surface area contributed by atoms with Crippen molar-refractivity contribution in [2.45, 2.75) is 46.0 Å². The standard InChI is InChI=1S/C14H26N2O/c1-4-5-6-11-16-14(17)8-7-13(9-10-15)12(2)3/h1,12-13H,5-11,15H2,2-3H3,(H,16,17). The van der Waals surface area contributed by atoms with Crippen LogP contribution in [0.15, 0.2) is 0 Å². The molecule has 1 amide bonds. The third kappa shape index (κ3) is 8.76. The summed E-state index contributed by atoms with van der Waals surface area (Å²) in [6.45, 7) is 5.76. The molecule has 0 heterocycles. The Morgan fingerprint density at radius 2 is 2.12 bits per heavy atom. The Kier molecular flexibility index (Phi) is 9.56. The average Bonchev–Trinajstić information content (AvgIpc) is 2.29. The number of nitrogens with one attached hydrogen (secondary N) is 1. The molecule has 0 aliphatic heterocycles. The molecule has 3 heteroatoms. The molecule has 1 atom stereocenters. The van der Waals surface area contributed by atoms with Crippen LogP contribution in [-0.2, 0) is 4.79 Å². The van der Waals surface area contributed by atoms with Crippen LogP contribution < -0.4 is 11.1 Å². The molecule has 0 fully saturated rings. The number of terminal acetylenes is 1. The molecule has 0 aromatic rings. The van der Waals surface area contributed by atoms with Gasteiger partial charge in [-0.15, -0.1) is 12.3 Å². The summed E-state index contributed by atoms with van der Waals surface area (Å²) in [6.07, 6.45) is 9.24. The Labute approximate surface area is 106 Å². The predicted molar refractivity (Wildman–Crippen MR) is 72.3 cm³/mol. The number of rotatable bonds is 9. The lowest BCUT2D eigenvalue weighted by molar-refractivity contribution is -0.121. The third-order valence-electron chi connectivity index (χ3n) is 3.04. The first-order valence-electron chi connectivity index (χ1n) is 6.52. The minimum Gasteiger partial charge on any atom is -0.356 e. The molecular weight excluding hydrogens is 212 g/mol. The van der Waals surface area contributed by atoms with Gasteiger partial charge in [-0.3, -0.25) is 4.79 Å². The van der Waals surface area contributed by atoms with E-state index < -0.39 is 0 Å². The number of nitrogens with two attached hydrogens (primary N) is 1. The minimum atomic E-state index is 0.129. The van der Waals surface area contributed by atoms with E-state index in [-0.39, 0.29) is 5.91 Å². The Balaban J connectivity index is 3.69. The van der Waals surface area contributed by atoms with Crippen LogP contribution in [-0.4, -0.2) is 19.0 Å². The van der Waals surface area contributed by atoms with Gasteiger partial charge >= 0.3 is 0 Å². The molecule has 0 saturated carbocycles. The summed E-state index contributed by atoms with van der Waals surface area (Å²) in [6, 6.07) is 0. The van der Waals surface area contributed by atoms with Gasteiger partial charge in [-0.2, -0.15) is 0 Å². The maximum atomic E-state index is 11.5. The summed E-state index contributed by atoms with van der Waals surface area (Å²) in [7, 11) is 0. The van der Waals surface area contributed by atoms with Gasteiger partial charge in [0.15, 0.2) is 0 Å². The Bertz CT molecular complexity index is 243. The molecule has 0 bridgehead atoms. The third-order valence-corrected chi connectivity index (χ3v) is 3.04. The molecule has 0 spiro atoms. The van der Waals surface area contributed by atoms with Gasteiger partial charge in [-0.05, 0) is 37.6 Å². The molecular formula is C14H26N2O. The van der Waals surface area contributed by atoms with E-state index in [1.165, 1.54) is 0 Å². The second-order valence-electron chi connectivity index (χ2n) is 4.78. The first kappa shape index (κ1) is 16.0. The predicted octanol–water partition coefficient (Wildman–Crippen LogP) is 1.92. The fourth-order valence-corrected chi connectivity index (χ4v) is 1.85. The number of amides is 1. The second-order valence-corrected chi connectivity index (χ2v) is 4.78. The van der Waals surface area contributed by atoms with Crippen molar-refractivity contribution in [1.82, 2.24) is 5.32 Å². The smallest absolute Gasteiger partial charge is 0.220 e. The van der Waals surface area contributed by atoms with E-state index in [1.807, 2.05) is 0 Å². The van der Waals surface area contributed by atoms with Gasteiger partial charge in [-0.25, -0.2) is 0 Å². The van der Waals surface area contributed by atoms with E-state index in [0.29, 0.717) is 31.3 Å². The summed E-state index contributed by atoms with van der Waals surface area (Å²) in [5.41, 5.74) is 5.57. The van der Waals surface area contributed by atoms with Crippen LogP contribution in [0.5, 0.6) is 0 Å². The van der Waals surface area contributed by atoms with Crippen LogP contribution in [0.1, 0.15) is 46.0 Å². The highest BCUT2D eigenvalue weighted by Crippen LogP contribution is 2.20. The second kappa shape index (κ2) is 10.2. The zero-order valence-corrected chi connectivity index (χ0v) is 11.2. The summed E-state index contributed by atoms with van der Waals surface area (Å²) >= 11 is 0. The Hall–Kier alpha value is -1.01. The number of hydrogen-bond acceptors (Lipinski definition) is 2. The quantitative estimate of drug-likeness (QED) is 0.476. The fraction of sp³-hybridized carbons (Fsp3) is 0.786. The molecule has 0 aliphatic rings. The van der Waals surface area contributed by atoms with Gasteiger partial charge in [0.05, 0.1) is 0 Å². The maximum absolute atomic E-state index is 11.5. The first-order valence-corrected chi connectivity index (χ1v) is 6.52. The number of hydrogen-bond donors (Lipinski definition) is 2. The van der Waals surface area contributed by atoms with Crippen molar-refractivity contribution in [2.24, 2.45) is 17.6 Å². The van der Waals surface area contributed by atoms with Crippen LogP contribution >= 0.6 is 0 Å². The highest BCUT2D eigenvalue weighted by atomic mass is 16.1. The lowest BCUT2D eigenvalue weighted by Gasteiger charge is -2.19. The van der Waals surface area contributed by atoms with Gasteiger partial charge < -0.3 is 11.1 Å².